The van der Waals surface area contributed by atoms with Gasteiger partial charge >= 0.3 is 0 Å². The van der Waals surface area contributed by atoms with E-state index in [1.54, 1.807) is 16.8 Å². The second-order valence-electron chi connectivity index (χ2n) is 3.76. The number of hydrogen-bond donors (Lipinski definition) is 0. The second kappa shape index (κ2) is 3.87. The lowest BCUT2D eigenvalue weighted by molar-refractivity contribution is 1.05. The van der Waals surface area contributed by atoms with Crippen LogP contribution in [0, 0.1) is 0 Å². The van der Waals surface area contributed by atoms with E-state index in [0.29, 0.717) is 5.65 Å². The van der Waals surface area contributed by atoms with Gasteiger partial charge in [-0.25, -0.2) is 4.98 Å². The molecular weight excluding hydrogens is 212 g/mol. The van der Waals surface area contributed by atoms with Gasteiger partial charge in [-0.3, -0.25) is 9.20 Å². The molecule has 0 unspecified atom stereocenters. The van der Waals surface area contributed by atoms with Crippen LogP contribution in [0.5, 0.6) is 0 Å². The van der Waals surface area contributed by atoms with Crippen molar-refractivity contribution in [2.24, 2.45) is 0 Å². The zero-order valence-corrected chi connectivity index (χ0v) is 9.08. The molecule has 3 heteroatoms. The molecule has 17 heavy (non-hydrogen) atoms. The van der Waals surface area contributed by atoms with Crippen molar-refractivity contribution in [1.82, 2.24) is 9.38 Å². The summed E-state index contributed by atoms with van der Waals surface area (Å²) in [4.78, 5) is 16.0. The zero-order chi connectivity index (χ0) is 11.7. The molecule has 0 fully saturated rings. The highest BCUT2D eigenvalue weighted by Gasteiger charge is 2.04. The van der Waals surface area contributed by atoms with Gasteiger partial charge in [0.05, 0.1) is 0 Å². The normalized spacial score (nSPS) is 10.6. The lowest BCUT2D eigenvalue weighted by atomic mass is 10.1. The Morgan fingerprint density at radius 2 is 1.76 bits per heavy atom. The summed E-state index contributed by atoms with van der Waals surface area (Å²) in [7, 11) is 0. The van der Waals surface area contributed by atoms with E-state index in [9.17, 15) is 4.79 Å². The predicted octanol–water partition coefficient (Wildman–Crippen LogP) is 2.36. The van der Waals surface area contributed by atoms with E-state index in [-0.39, 0.29) is 5.56 Å². The Kier molecular flexibility index (Phi) is 2.22. The Labute approximate surface area is 98.0 Å². The average Bonchev–Trinajstić information content (AvgIpc) is 2.40. The van der Waals surface area contributed by atoms with Crippen LogP contribution in [0.3, 0.4) is 0 Å². The molecule has 0 bridgehead atoms. The Morgan fingerprint density at radius 3 is 2.59 bits per heavy atom. The number of benzene rings is 1. The predicted molar refractivity (Wildman–Crippen MR) is 66.9 cm³/mol. The van der Waals surface area contributed by atoms with Crippen molar-refractivity contribution in [2.45, 2.75) is 0 Å². The molecule has 0 N–H and O–H groups in total. The molecule has 2 heterocycles. The first-order valence-electron chi connectivity index (χ1n) is 5.38. The van der Waals surface area contributed by atoms with Crippen molar-refractivity contribution in [3.63, 3.8) is 0 Å². The summed E-state index contributed by atoms with van der Waals surface area (Å²) in [5.41, 5.74) is 2.65. The van der Waals surface area contributed by atoms with E-state index >= 15 is 0 Å². The second-order valence-corrected chi connectivity index (χ2v) is 3.76. The summed E-state index contributed by atoms with van der Waals surface area (Å²) < 4.78 is 1.56. The Morgan fingerprint density at radius 1 is 0.941 bits per heavy atom. The fourth-order valence-corrected chi connectivity index (χ4v) is 1.90. The number of rotatable bonds is 1. The Balaban J connectivity index is 2.39. The molecule has 0 spiro atoms. The highest BCUT2D eigenvalue weighted by Crippen LogP contribution is 2.21. The van der Waals surface area contributed by atoms with E-state index in [1.807, 2.05) is 42.5 Å². The standard InChI is InChI=1S/C14H10N2O/c17-13-8-9-15-14-12(7-4-10-16(13)14)11-5-2-1-3-6-11/h1-10H. The molecule has 0 amide bonds. The first-order chi connectivity index (χ1) is 8.36. The van der Waals surface area contributed by atoms with Crippen LogP contribution in [0.15, 0.2) is 65.7 Å². The number of pyridine rings is 1. The molecule has 1 aromatic carbocycles. The summed E-state index contributed by atoms with van der Waals surface area (Å²) in [5, 5.41) is 0. The van der Waals surface area contributed by atoms with Gasteiger partial charge in [-0.2, -0.15) is 0 Å². The Hall–Kier alpha value is -2.42. The third kappa shape index (κ3) is 1.61. The molecule has 3 rings (SSSR count). The maximum Gasteiger partial charge on any atom is 0.257 e. The molecule has 2 aromatic heterocycles. The van der Waals surface area contributed by atoms with Crippen LogP contribution in [0.1, 0.15) is 0 Å². The highest BCUT2D eigenvalue weighted by atomic mass is 16.1. The maximum atomic E-state index is 11.7. The van der Waals surface area contributed by atoms with Gasteiger partial charge in [-0.15, -0.1) is 0 Å². The van der Waals surface area contributed by atoms with Crippen molar-refractivity contribution >= 4 is 5.65 Å². The number of hydrogen-bond acceptors (Lipinski definition) is 2. The van der Waals surface area contributed by atoms with Crippen molar-refractivity contribution in [2.75, 3.05) is 0 Å². The summed E-state index contributed by atoms with van der Waals surface area (Å²) in [6.45, 7) is 0. The molecule has 0 atom stereocenters. The van der Waals surface area contributed by atoms with Crippen LogP contribution in [0.4, 0.5) is 0 Å². The minimum absolute atomic E-state index is 0.0622. The molecule has 3 aromatic rings. The molecule has 0 aliphatic heterocycles. The first-order valence-corrected chi connectivity index (χ1v) is 5.38. The van der Waals surface area contributed by atoms with Gasteiger partial charge in [-0.05, 0) is 17.7 Å². The van der Waals surface area contributed by atoms with Gasteiger partial charge in [0.15, 0.2) is 0 Å². The van der Waals surface area contributed by atoms with E-state index in [1.165, 1.54) is 6.07 Å². The van der Waals surface area contributed by atoms with E-state index in [4.69, 9.17) is 0 Å². The van der Waals surface area contributed by atoms with Crippen LogP contribution in [-0.4, -0.2) is 9.38 Å². The van der Waals surface area contributed by atoms with E-state index < -0.39 is 0 Å². The van der Waals surface area contributed by atoms with Crippen molar-refractivity contribution < 1.29 is 0 Å². The lowest BCUT2D eigenvalue weighted by Crippen LogP contribution is -2.12. The first kappa shape index (κ1) is 9.78. The summed E-state index contributed by atoms with van der Waals surface area (Å²) in [6, 6.07) is 15.2. The van der Waals surface area contributed by atoms with Crippen molar-refractivity contribution in [1.29, 1.82) is 0 Å². The van der Waals surface area contributed by atoms with Gasteiger partial charge in [0.2, 0.25) is 0 Å². The summed E-state index contributed by atoms with van der Waals surface area (Å²) in [6.07, 6.45) is 3.28. The third-order valence-electron chi connectivity index (χ3n) is 2.70. The van der Waals surface area contributed by atoms with Gasteiger partial charge < -0.3 is 0 Å². The van der Waals surface area contributed by atoms with Gasteiger partial charge in [-0.1, -0.05) is 30.3 Å². The molecule has 3 nitrogen and oxygen atoms in total. The number of nitrogens with zero attached hydrogens (tertiary/aromatic N) is 2. The molecule has 82 valence electrons. The monoisotopic (exact) mass is 222 g/mol. The van der Waals surface area contributed by atoms with Gasteiger partial charge in [0, 0.05) is 24.0 Å². The number of fused-ring (bicyclic) bond motifs is 1. The molecule has 0 aliphatic carbocycles. The Bertz CT molecular complexity index is 717. The fraction of sp³-hybridized carbons (Fsp3) is 0. The lowest BCUT2D eigenvalue weighted by Gasteiger charge is -2.05. The summed E-state index contributed by atoms with van der Waals surface area (Å²) >= 11 is 0. The molecule has 0 radical (unpaired) electrons. The minimum Gasteiger partial charge on any atom is -0.269 e. The van der Waals surface area contributed by atoms with E-state index in [2.05, 4.69) is 4.98 Å². The van der Waals surface area contributed by atoms with Gasteiger partial charge in [0.1, 0.15) is 5.65 Å². The zero-order valence-electron chi connectivity index (χ0n) is 9.08. The summed E-state index contributed by atoms with van der Waals surface area (Å²) in [5.74, 6) is 0. The third-order valence-corrected chi connectivity index (χ3v) is 2.70. The van der Waals surface area contributed by atoms with Crippen molar-refractivity contribution in [3.05, 3.63) is 71.3 Å². The topological polar surface area (TPSA) is 34.4 Å². The number of aromatic nitrogens is 2. The van der Waals surface area contributed by atoms with Crippen LogP contribution in [0.25, 0.3) is 16.8 Å². The molecular formula is C14H10N2O. The SMILES string of the molecule is O=c1ccnc2c(-c3ccccc3)cccn12. The van der Waals surface area contributed by atoms with E-state index in [0.717, 1.165) is 11.1 Å². The smallest absolute Gasteiger partial charge is 0.257 e. The maximum absolute atomic E-state index is 11.7. The van der Waals surface area contributed by atoms with Crippen LogP contribution >= 0.6 is 0 Å². The van der Waals surface area contributed by atoms with Crippen LogP contribution < -0.4 is 5.56 Å². The molecule has 0 aliphatic rings. The average molecular weight is 222 g/mol. The fourth-order valence-electron chi connectivity index (χ4n) is 1.90. The highest BCUT2D eigenvalue weighted by molar-refractivity contribution is 5.76. The quantitative estimate of drug-likeness (QED) is 0.633. The van der Waals surface area contributed by atoms with Gasteiger partial charge in [0.25, 0.3) is 5.56 Å². The van der Waals surface area contributed by atoms with Crippen molar-refractivity contribution in [3.8, 4) is 11.1 Å². The van der Waals surface area contributed by atoms with Crippen LogP contribution in [0.2, 0.25) is 0 Å². The molecule has 0 saturated carbocycles. The molecule has 0 saturated heterocycles. The minimum atomic E-state index is -0.0622. The largest absolute Gasteiger partial charge is 0.269 e. The van der Waals surface area contributed by atoms with Crippen LogP contribution in [-0.2, 0) is 0 Å².